The van der Waals surface area contributed by atoms with Gasteiger partial charge in [0.15, 0.2) is 0 Å². The van der Waals surface area contributed by atoms with Crippen molar-refractivity contribution in [1.82, 2.24) is 19.9 Å². The number of nitrogens with one attached hydrogen (secondary N) is 1. The van der Waals surface area contributed by atoms with Crippen LogP contribution in [0.1, 0.15) is 30.7 Å². The molecule has 2 aromatic carbocycles. The number of aromatic nitrogens is 3. The number of pyridine rings is 1. The van der Waals surface area contributed by atoms with Crippen LogP contribution in [-0.2, 0) is 13.0 Å². The number of halogens is 1. The van der Waals surface area contributed by atoms with E-state index in [1.807, 2.05) is 24.5 Å². The molecule has 0 spiro atoms. The van der Waals surface area contributed by atoms with Gasteiger partial charge in [0.1, 0.15) is 11.6 Å². The molecule has 0 amide bonds. The first-order valence-electron chi connectivity index (χ1n) is 11.5. The second kappa shape index (κ2) is 9.82. The SMILES string of the molecule is Fc1ccc(-c2nc(/C=C3\CCCN3)n(CCCc3ccccc3)c2-c2ccncc2)cc1. The highest BCUT2D eigenvalue weighted by atomic mass is 19.1. The van der Waals surface area contributed by atoms with Crippen molar-refractivity contribution in [2.75, 3.05) is 6.54 Å². The van der Waals surface area contributed by atoms with E-state index in [0.717, 1.165) is 67.1 Å². The van der Waals surface area contributed by atoms with Gasteiger partial charge in [-0.1, -0.05) is 30.3 Å². The maximum Gasteiger partial charge on any atom is 0.135 e. The van der Waals surface area contributed by atoms with Crippen molar-refractivity contribution >= 4 is 6.08 Å². The van der Waals surface area contributed by atoms with Crippen molar-refractivity contribution < 1.29 is 4.39 Å². The van der Waals surface area contributed by atoms with Crippen molar-refractivity contribution in [1.29, 1.82) is 0 Å². The zero-order valence-corrected chi connectivity index (χ0v) is 18.5. The normalized spacial score (nSPS) is 14.5. The highest BCUT2D eigenvalue weighted by molar-refractivity contribution is 5.80. The zero-order chi connectivity index (χ0) is 22.5. The van der Waals surface area contributed by atoms with Gasteiger partial charge in [-0.15, -0.1) is 0 Å². The summed E-state index contributed by atoms with van der Waals surface area (Å²) in [4.78, 5) is 9.28. The van der Waals surface area contributed by atoms with E-state index in [-0.39, 0.29) is 5.82 Å². The Morgan fingerprint density at radius 1 is 0.939 bits per heavy atom. The molecule has 1 fully saturated rings. The Labute approximate surface area is 193 Å². The Kier molecular flexibility index (Phi) is 6.29. The summed E-state index contributed by atoms with van der Waals surface area (Å²) in [7, 11) is 0. The van der Waals surface area contributed by atoms with Gasteiger partial charge < -0.3 is 9.88 Å². The summed E-state index contributed by atoms with van der Waals surface area (Å²) in [5, 5.41) is 3.48. The lowest BCUT2D eigenvalue weighted by molar-refractivity contribution is 0.628. The highest BCUT2D eigenvalue weighted by Gasteiger charge is 2.20. The van der Waals surface area contributed by atoms with Crippen molar-refractivity contribution in [3.8, 4) is 22.5 Å². The van der Waals surface area contributed by atoms with E-state index in [1.165, 1.54) is 23.4 Å². The summed E-state index contributed by atoms with van der Waals surface area (Å²) in [6.07, 6.45) is 9.95. The minimum atomic E-state index is -0.246. The average Bonchev–Trinajstić information content (AvgIpc) is 3.49. The molecule has 3 heterocycles. The molecule has 0 unspecified atom stereocenters. The first-order valence-corrected chi connectivity index (χ1v) is 11.5. The summed E-state index contributed by atoms with van der Waals surface area (Å²) in [5.74, 6) is 0.683. The van der Waals surface area contributed by atoms with Crippen LogP contribution >= 0.6 is 0 Å². The van der Waals surface area contributed by atoms with Crippen molar-refractivity contribution in [3.63, 3.8) is 0 Å². The molecule has 33 heavy (non-hydrogen) atoms. The molecule has 2 aromatic heterocycles. The molecular weight excluding hydrogens is 411 g/mol. The Morgan fingerprint density at radius 3 is 2.45 bits per heavy atom. The molecule has 1 aliphatic heterocycles. The topological polar surface area (TPSA) is 42.7 Å². The lowest BCUT2D eigenvalue weighted by Gasteiger charge is -2.13. The fraction of sp³-hybridized carbons (Fsp3) is 0.214. The van der Waals surface area contributed by atoms with Crippen molar-refractivity contribution in [2.24, 2.45) is 0 Å². The first kappa shape index (κ1) is 21.1. The molecule has 4 aromatic rings. The van der Waals surface area contributed by atoms with Crippen LogP contribution in [0.5, 0.6) is 0 Å². The molecule has 5 heteroatoms. The van der Waals surface area contributed by atoms with Crippen LogP contribution < -0.4 is 5.32 Å². The molecule has 0 saturated carbocycles. The van der Waals surface area contributed by atoms with Gasteiger partial charge in [0, 0.05) is 42.3 Å². The van der Waals surface area contributed by atoms with E-state index in [4.69, 9.17) is 4.98 Å². The van der Waals surface area contributed by atoms with Crippen LogP contribution in [0.15, 0.2) is 84.8 Å². The van der Waals surface area contributed by atoms with Gasteiger partial charge in [0.25, 0.3) is 0 Å². The number of benzene rings is 2. The maximum atomic E-state index is 13.7. The highest BCUT2D eigenvalue weighted by Crippen LogP contribution is 2.34. The molecule has 1 aliphatic rings. The van der Waals surface area contributed by atoms with Gasteiger partial charge in [0.2, 0.25) is 0 Å². The zero-order valence-electron chi connectivity index (χ0n) is 18.5. The van der Waals surface area contributed by atoms with Crippen LogP contribution in [0.25, 0.3) is 28.6 Å². The largest absolute Gasteiger partial charge is 0.388 e. The molecule has 1 saturated heterocycles. The summed E-state index contributed by atoms with van der Waals surface area (Å²) < 4.78 is 16.0. The Balaban J connectivity index is 1.59. The lowest BCUT2D eigenvalue weighted by Crippen LogP contribution is -2.07. The standard InChI is InChI=1S/C28H27FN4/c29-24-12-10-22(11-13-24)27-28(23-14-17-30-18-15-23)33(19-5-8-21-6-2-1-3-7-21)26(32-27)20-25-9-4-16-31-25/h1-3,6-7,10-15,17-18,20,31H,4-5,8-9,16,19H2/b25-20+. The van der Waals surface area contributed by atoms with Gasteiger partial charge in [-0.2, -0.15) is 0 Å². The number of allylic oxidation sites excluding steroid dienone is 1. The second-order valence-electron chi connectivity index (χ2n) is 8.35. The van der Waals surface area contributed by atoms with Crippen LogP contribution in [-0.4, -0.2) is 21.1 Å². The third-order valence-electron chi connectivity index (χ3n) is 6.04. The van der Waals surface area contributed by atoms with E-state index >= 15 is 0 Å². The second-order valence-corrected chi connectivity index (χ2v) is 8.35. The van der Waals surface area contributed by atoms with Gasteiger partial charge in [-0.25, -0.2) is 9.37 Å². The van der Waals surface area contributed by atoms with E-state index in [1.54, 1.807) is 12.1 Å². The minimum absolute atomic E-state index is 0.246. The van der Waals surface area contributed by atoms with E-state index < -0.39 is 0 Å². The van der Waals surface area contributed by atoms with Crippen molar-refractivity contribution in [2.45, 2.75) is 32.2 Å². The fourth-order valence-electron chi connectivity index (χ4n) is 4.40. The van der Waals surface area contributed by atoms with Gasteiger partial charge in [-0.3, -0.25) is 4.98 Å². The Bertz CT molecular complexity index is 1220. The third kappa shape index (κ3) is 4.87. The minimum Gasteiger partial charge on any atom is -0.388 e. The van der Waals surface area contributed by atoms with Crippen molar-refractivity contribution in [3.05, 3.63) is 102 Å². The fourth-order valence-corrected chi connectivity index (χ4v) is 4.40. The smallest absolute Gasteiger partial charge is 0.135 e. The summed E-state index contributed by atoms with van der Waals surface area (Å²) in [5.41, 5.74) is 6.42. The van der Waals surface area contributed by atoms with Gasteiger partial charge >= 0.3 is 0 Å². The number of imidazole rings is 1. The average molecular weight is 439 g/mol. The predicted octanol–water partition coefficient (Wildman–Crippen LogP) is 6.11. The summed E-state index contributed by atoms with van der Waals surface area (Å²) in [6.45, 7) is 1.84. The van der Waals surface area contributed by atoms with E-state index in [2.05, 4.69) is 51.3 Å². The molecule has 166 valence electrons. The molecule has 0 aliphatic carbocycles. The van der Waals surface area contributed by atoms with Crippen LogP contribution in [0, 0.1) is 5.82 Å². The summed E-state index contributed by atoms with van der Waals surface area (Å²) in [6, 6.07) is 21.2. The number of nitrogens with zero attached hydrogens (tertiary/aromatic N) is 3. The molecule has 4 nitrogen and oxygen atoms in total. The van der Waals surface area contributed by atoms with E-state index in [0.29, 0.717) is 0 Å². The molecule has 0 atom stereocenters. The maximum absolute atomic E-state index is 13.7. The lowest BCUT2D eigenvalue weighted by atomic mass is 10.1. The Morgan fingerprint density at radius 2 is 1.73 bits per heavy atom. The number of rotatable bonds is 7. The summed E-state index contributed by atoms with van der Waals surface area (Å²) >= 11 is 0. The van der Waals surface area contributed by atoms with Gasteiger partial charge in [0.05, 0.1) is 11.4 Å². The first-order chi connectivity index (χ1) is 16.3. The predicted molar refractivity (Wildman–Crippen MR) is 131 cm³/mol. The number of hydrogen-bond acceptors (Lipinski definition) is 3. The van der Waals surface area contributed by atoms with Gasteiger partial charge in [-0.05, 0) is 73.7 Å². The monoisotopic (exact) mass is 438 g/mol. The van der Waals surface area contributed by atoms with Crippen LogP contribution in [0.4, 0.5) is 4.39 Å². The van der Waals surface area contributed by atoms with E-state index in [9.17, 15) is 4.39 Å². The molecular formula is C28H27FN4. The molecule has 0 bridgehead atoms. The molecule has 5 rings (SSSR count). The quantitative estimate of drug-likeness (QED) is 0.379. The Hall–Kier alpha value is -3.73. The third-order valence-corrected chi connectivity index (χ3v) is 6.04. The number of aryl methyl sites for hydroxylation is 1. The molecule has 1 N–H and O–H groups in total. The molecule has 0 radical (unpaired) electrons. The van der Waals surface area contributed by atoms with Crippen LogP contribution in [0.2, 0.25) is 0 Å². The number of hydrogen-bond donors (Lipinski definition) is 1. The van der Waals surface area contributed by atoms with Crippen LogP contribution in [0.3, 0.4) is 0 Å².